The molecule has 6 heteroatoms. The van der Waals surface area contributed by atoms with Gasteiger partial charge in [-0.2, -0.15) is 0 Å². The number of nitrogens with zero attached hydrogens (tertiary/aromatic N) is 1. The lowest BCUT2D eigenvalue weighted by atomic mass is 9.91. The summed E-state index contributed by atoms with van der Waals surface area (Å²) in [7, 11) is 0. The van der Waals surface area contributed by atoms with Gasteiger partial charge in [0, 0.05) is 38.3 Å². The van der Waals surface area contributed by atoms with E-state index >= 15 is 0 Å². The Morgan fingerprint density at radius 3 is 2.71 bits per heavy atom. The van der Waals surface area contributed by atoms with Crippen LogP contribution in [0.25, 0.3) is 0 Å². The van der Waals surface area contributed by atoms with E-state index in [1.165, 1.54) is 5.57 Å². The van der Waals surface area contributed by atoms with Crippen molar-refractivity contribution in [1.82, 2.24) is 15.5 Å². The van der Waals surface area contributed by atoms with E-state index in [0.717, 1.165) is 63.1 Å². The Kier molecular flexibility index (Phi) is 5.68. The van der Waals surface area contributed by atoms with Crippen molar-refractivity contribution in [3.05, 3.63) is 22.4 Å². The van der Waals surface area contributed by atoms with Gasteiger partial charge in [-0.25, -0.2) is 4.79 Å². The quantitative estimate of drug-likeness (QED) is 0.737. The molecule has 1 aliphatic heterocycles. The second-order valence-electron chi connectivity index (χ2n) is 6.61. The van der Waals surface area contributed by atoms with Crippen molar-refractivity contribution in [3.8, 4) is 0 Å². The van der Waals surface area contributed by atoms with Crippen molar-refractivity contribution < 1.29 is 14.3 Å². The Bertz CT molecular complexity index is 574. The maximum absolute atomic E-state index is 12.4. The summed E-state index contributed by atoms with van der Waals surface area (Å²) >= 11 is 0. The first-order valence-corrected chi connectivity index (χ1v) is 9.03. The molecular weight excluding hydrogens is 306 g/mol. The minimum atomic E-state index is -0.290. The van der Waals surface area contributed by atoms with Gasteiger partial charge in [-0.05, 0) is 38.2 Å². The van der Waals surface area contributed by atoms with Gasteiger partial charge in [0.1, 0.15) is 0 Å². The molecule has 0 bridgehead atoms. The Morgan fingerprint density at radius 1 is 1.21 bits per heavy atom. The SMILES string of the molecule is CCOC(=O)C1=C(NC(=O)CN2CCNCC2)CC2=C1CCCC2. The molecule has 3 aliphatic rings. The van der Waals surface area contributed by atoms with Crippen molar-refractivity contribution >= 4 is 11.9 Å². The number of nitrogens with one attached hydrogen (secondary N) is 2. The zero-order valence-electron chi connectivity index (χ0n) is 14.5. The van der Waals surface area contributed by atoms with Crippen LogP contribution in [0.5, 0.6) is 0 Å². The van der Waals surface area contributed by atoms with Crippen molar-refractivity contribution in [1.29, 1.82) is 0 Å². The van der Waals surface area contributed by atoms with Crippen LogP contribution in [-0.2, 0) is 14.3 Å². The predicted octanol–water partition coefficient (Wildman–Crippen LogP) is 1.10. The highest BCUT2D eigenvalue weighted by molar-refractivity contribution is 5.97. The van der Waals surface area contributed by atoms with Crippen LogP contribution in [0, 0.1) is 0 Å². The van der Waals surface area contributed by atoms with E-state index in [9.17, 15) is 9.59 Å². The summed E-state index contributed by atoms with van der Waals surface area (Å²) in [5, 5.41) is 6.29. The summed E-state index contributed by atoms with van der Waals surface area (Å²) in [6.45, 7) is 6.14. The summed E-state index contributed by atoms with van der Waals surface area (Å²) < 4.78 is 5.24. The van der Waals surface area contributed by atoms with Crippen LogP contribution in [0.2, 0.25) is 0 Å². The molecule has 0 aromatic rings. The van der Waals surface area contributed by atoms with E-state index in [2.05, 4.69) is 15.5 Å². The Balaban J connectivity index is 1.70. The van der Waals surface area contributed by atoms with Crippen molar-refractivity contribution in [2.45, 2.75) is 39.0 Å². The van der Waals surface area contributed by atoms with Crippen LogP contribution in [0.3, 0.4) is 0 Å². The van der Waals surface area contributed by atoms with Gasteiger partial charge >= 0.3 is 5.97 Å². The molecule has 0 unspecified atom stereocenters. The Morgan fingerprint density at radius 2 is 1.96 bits per heavy atom. The first-order chi connectivity index (χ1) is 11.7. The molecule has 2 aliphatic carbocycles. The van der Waals surface area contributed by atoms with Gasteiger partial charge in [0.25, 0.3) is 0 Å². The van der Waals surface area contributed by atoms with Gasteiger partial charge in [0.2, 0.25) is 5.91 Å². The largest absolute Gasteiger partial charge is 0.462 e. The molecule has 24 heavy (non-hydrogen) atoms. The minimum Gasteiger partial charge on any atom is -0.462 e. The Labute approximate surface area is 143 Å². The van der Waals surface area contributed by atoms with Crippen molar-refractivity contribution in [2.75, 3.05) is 39.3 Å². The molecule has 1 amide bonds. The van der Waals surface area contributed by atoms with Gasteiger partial charge in [0.15, 0.2) is 0 Å². The highest BCUT2D eigenvalue weighted by Gasteiger charge is 2.32. The van der Waals surface area contributed by atoms with E-state index in [4.69, 9.17) is 4.74 Å². The molecule has 3 rings (SSSR count). The molecule has 2 N–H and O–H groups in total. The number of allylic oxidation sites excluding steroid dienone is 1. The molecule has 0 spiro atoms. The molecule has 6 nitrogen and oxygen atoms in total. The maximum atomic E-state index is 12.4. The average molecular weight is 333 g/mol. The topological polar surface area (TPSA) is 70.7 Å². The number of carbonyl (C=O) groups excluding carboxylic acids is 2. The fraction of sp³-hybridized carbons (Fsp3) is 0.667. The first kappa shape index (κ1) is 17.2. The summed E-state index contributed by atoms with van der Waals surface area (Å²) in [4.78, 5) is 27.0. The summed E-state index contributed by atoms with van der Waals surface area (Å²) in [5.74, 6) is -0.324. The molecule has 0 radical (unpaired) electrons. The van der Waals surface area contributed by atoms with E-state index in [0.29, 0.717) is 25.1 Å². The molecule has 1 fully saturated rings. The molecule has 0 aromatic carbocycles. The fourth-order valence-corrected chi connectivity index (χ4v) is 3.79. The molecule has 0 saturated carbocycles. The van der Waals surface area contributed by atoms with Gasteiger partial charge in [-0.3, -0.25) is 9.69 Å². The zero-order chi connectivity index (χ0) is 16.9. The number of carbonyl (C=O) groups is 2. The van der Waals surface area contributed by atoms with Gasteiger partial charge in [-0.1, -0.05) is 5.57 Å². The third-order valence-corrected chi connectivity index (χ3v) is 4.92. The number of hydrogen-bond acceptors (Lipinski definition) is 5. The van der Waals surface area contributed by atoms with E-state index in [-0.39, 0.29) is 11.9 Å². The monoisotopic (exact) mass is 333 g/mol. The van der Waals surface area contributed by atoms with Crippen LogP contribution in [-0.4, -0.2) is 56.1 Å². The van der Waals surface area contributed by atoms with E-state index in [1.807, 2.05) is 6.92 Å². The normalized spacial score (nSPS) is 21.7. The summed E-state index contributed by atoms with van der Waals surface area (Å²) in [6, 6.07) is 0. The smallest absolute Gasteiger partial charge is 0.340 e. The fourth-order valence-electron chi connectivity index (χ4n) is 3.79. The summed E-state index contributed by atoms with van der Waals surface area (Å²) in [6.07, 6.45) is 4.90. The highest BCUT2D eigenvalue weighted by atomic mass is 16.5. The van der Waals surface area contributed by atoms with Crippen molar-refractivity contribution in [3.63, 3.8) is 0 Å². The number of rotatable bonds is 5. The van der Waals surface area contributed by atoms with Gasteiger partial charge in [-0.15, -0.1) is 0 Å². The first-order valence-electron chi connectivity index (χ1n) is 9.03. The molecule has 1 saturated heterocycles. The zero-order valence-corrected chi connectivity index (χ0v) is 14.5. The second-order valence-corrected chi connectivity index (χ2v) is 6.61. The van der Waals surface area contributed by atoms with Gasteiger partial charge < -0.3 is 15.4 Å². The van der Waals surface area contributed by atoms with Crippen LogP contribution in [0.4, 0.5) is 0 Å². The average Bonchev–Trinajstić information content (AvgIpc) is 2.93. The molecule has 0 aromatic heterocycles. The third kappa shape index (κ3) is 3.87. The van der Waals surface area contributed by atoms with Crippen LogP contribution >= 0.6 is 0 Å². The maximum Gasteiger partial charge on any atom is 0.340 e. The lowest BCUT2D eigenvalue weighted by Crippen LogP contribution is -2.47. The number of piperazine rings is 1. The minimum absolute atomic E-state index is 0.0338. The highest BCUT2D eigenvalue weighted by Crippen LogP contribution is 2.40. The van der Waals surface area contributed by atoms with E-state index < -0.39 is 0 Å². The Hall–Kier alpha value is -1.66. The number of esters is 1. The van der Waals surface area contributed by atoms with E-state index in [1.54, 1.807) is 0 Å². The molecule has 132 valence electrons. The van der Waals surface area contributed by atoms with Crippen molar-refractivity contribution in [2.24, 2.45) is 0 Å². The lowest BCUT2D eigenvalue weighted by Gasteiger charge is -2.26. The number of hydrogen-bond donors (Lipinski definition) is 2. The number of ether oxygens (including phenoxy) is 1. The van der Waals surface area contributed by atoms with Gasteiger partial charge in [0.05, 0.1) is 18.7 Å². The second kappa shape index (κ2) is 7.94. The molecule has 0 atom stereocenters. The third-order valence-electron chi connectivity index (χ3n) is 4.92. The summed E-state index contributed by atoms with van der Waals surface area (Å²) in [5.41, 5.74) is 3.81. The number of amides is 1. The molecule has 1 heterocycles. The lowest BCUT2D eigenvalue weighted by molar-refractivity contribution is -0.138. The standard InChI is InChI=1S/C18H27N3O3/c1-2-24-18(23)17-14-6-4-3-5-13(14)11-15(17)20-16(22)12-21-9-7-19-8-10-21/h19H,2-12H2,1H3,(H,20,22). The van der Waals surface area contributed by atoms with Crippen LogP contribution in [0.15, 0.2) is 22.4 Å². The molecular formula is C18H27N3O3. The van der Waals surface area contributed by atoms with Crippen LogP contribution < -0.4 is 10.6 Å². The van der Waals surface area contributed by atoms with Crippen LogP contribution in [0.1, 0.15) is 39.0 Å². The predicted molar refractivity (Wildman–Crippen MR) is 91.2 cm³/mol.